The molecule has 0 amide bonds. The van der Waals surface area contributed by atoms with Crippen molar-refractivity contribution in [2.24, 2.45) is 11.8 Å². The fraction of sp³-hybridized carbons (Fsp3) is 0.615. The summed E-state index contributed by atoms with van der Waals surface area (Å²) in [6.45, 7) is 0. The highest BCUT2D eigenvalue weighted by Crippen LogP contribution is 2.54. The predicted molar refractivity (Wildman–Crippen MR) is 134 cm³/mol. The van der Waals surface area contributed by atoms with Gasteiger partial charge < -0.3 is 9.29 Å². The molecule has 0 aromatic heterocycles. The molecule has 1 saturated heterocycles. The van der Waals surface area contributed by atoms with Crippen LogP contribution < -0.4 is 4.74 Å². The summed E-state index contributed by atoms with van der Waals surface area (Å²) in [6.07, 6.45) is 3.06. The van der Waals surface area contributed by atoms with Crippen LogP contribution in [-0.4, -0.2) is 53.9 Å². The van der Waals surface area contributed by atoms with Gasteiger partial charge in [-0.25, -0.2) is 8.42 Å². The predicted octanol–water partition coefficient (Wildman–Crippen LogP) is 7.53. The molecule has 41 heavy (non-hydrogen) atoms. The van der Waals surface area contributed by atoms with E-state index >= 15 is 0 Å². The summed E-state index contributed by atoms with van der Waals surface area (Å²) in [5.41, 5.74) is 0. The summed E-state index contributed by atoms with van der Waals surface area (Å²) >= 11 is 0. The largest absolute Gasteiger partial charge is 0.743 e. The van der Waals surface area contributed by atoms with Gasteiger partial charge in [-0.05, 0) is 91.8 Å². The van der Waals surface area contributed by atoms with Crippen LogP contribution in [0, 0.1) is 11.8 Å². The van der Waals surface area contributed by atoms with Gasteiger partial charge in [0.15, 0.2) is 15.0 Å². The molecule has 2 aromatic carbocycles. The van der Waals surface area contributed by atoms with Gasteiger partial charge in [0.2, 0.25) is 0 Å². The normalized spacial score (nSPS) is 24.3. The van der Waals surface area contributed by atoms with E-state index in [1.54, 1.807) is 4.90 Å². The number of rotatable bonds is 6. The maximum Gasteiger partial charge on any atom is 0.460 e. The number of hydrogen-bond donors (Lipinski definition) is 0. The summed E-state index contributed by atoms with van der Waals surface area (Å²) in [5, 5.41) is -4.40. The highest BCUT2D eigenvalue weighted by molar-refractivity contribution is 7.97. The van der Waals surface area contributed by atoms with Crippen LogP contribution >= 0.6 is 0 Å². The van der Waals surface area contributed by atoms with Gasteiger partial charge >= 0.3 is 23.3 Å². The molecule has 2 aromatic rings. The molecule has 4 nitrogen and oxygen atoms in total. The van der Waals surface area contributed by atoms with Crippen LogP contribution in [-0.2, 0) is 21.0 Å². The van der Waals surface area contributed by atoms with E-state index in [1.165, 1.54) is 67.2 Å². The first-order valence-corrected chi connectivity index (χ1v) is 15.9. The van der Waals surface area contributed by atoms with E-state index in [9.17, 15) is 52.5 Å². The first-order chi connectivity index (χ1) is 18.8. The zero-order valence-corrected chi connectivity index (χ0v) is 23.0. The average molecular weight is 639 g/mol. The van der Waals surface area contributed by atoms with Crippen molar-refractivity contribution >= 4 is 31.8 Å². The van der Waals surface area contributed by atoms with Crippen molar-refractivity contribution in [3.8, 4) is 5.75 Å². The highest BCUT2D eigenvalue weighted by atomic mass is 32.2. The number of alkyl halides is 9. The van der Waals surface area contributed by atoms with Gasteiger partial charge in [0.05, 0.1) is 0 Å². The first kappa shape index (κ1) is 32.1. The van der Waals surface area contributed by atoms with E-state index in [-0.39, 0.29) is 0 Å². The number of ether oxygens (including phenoxy) is 1. The Hall–Kier alpha value is -1.87. The molecule has 1 atom stereocenters. The molecule has 1 unspecified atom stereocenters. The van der Waals surface area contributed by atoms with Gasteiger partial charge in [0, 0.05) is 17.0 Å². The Bertz CT molecular complexity index is 1330. The lowest BCUT2D eigenvalue weighted by Crippen LogP contribution is -2.63. The molecule has 2 bridgehead atoms. The van der Waals surface area contributed by atoms with Crippen LogP contribution in [0.15, 0.2) is 41.3 Å². The maximum absolute atomic E-state index is 12.2. The third-order valence-electron chi connectivity index (χ3n) is 7.85. The van der Waals surface area contributed by atoms with E-state index in [0.717, 1.165) is 17.6 Å². The Morgan fingerprint density at radius 1 is 0.780 bits per heavy atom. The summed E-state index contributed by atoms with van der Waals surface area (Å²) < 4.78 is 142. The monoisotopic (exact) mass is 638 g/mol. The second-order valence-electron chi connectivity index (χ2n) is 10.6. The summed E-state index contributed by atoms with van der Waals surface area (Å²) in [4.78, 5) is 1.57. The van der Waals surface area contributed by atoms with Gasteiger partial charge in [-0.2, -0.15) is 39.5 Å². The van der Waals surface area contributed by atoms with Gasteiger partial charge in [-0.3, -0.25) is 0 Å². The Kier molecular flexibility index (Phi) is 8.85. The van der Waals surface area contributed by atoms with Crippen molar-refractivity contribution in [2.75, 3.05) is 11.5 Å². The SMILES string of the molecule is O=S(=O)([O-])C(F)(F)C(F)(F)C(F)(F)C(F)(F)F.c1cc2cc([S+]3CCCC3)ccc2cc1OC1CC2CCC1CC2. The fourth-order valence-electron chi connectivity index (χ4n) is 5.50. The second-order valence-corrected chi connectivity index (χ2v) is 14.3. The molecule has 0 radical (unpaired) electrons. The third kappa shape index (κ3) is 6.27. The number of halogens is 9. The lowest BCUT2D eigenvalue weighted by Gasteiger charge is -2.42. The first-order valence-electron chi connectivity index (χ1n) is 12.9. The topological polar surface area (TPSA) is 66.4 Å². The van der Waals surface area contributed by atoms with Gasteiger partial charge in [-0.1, -0.05) is 6.07 Å². The number of benzene rings is 2. The lowest BCUT2D eigenvalue weighted by molar-refractivity contribution is -0.382. The summed E-state index contributed by atoms with van der Waals surface area (Å²) in [7, 11) is -6.91. The smallest absolute Gasteiger partial charge is 0.460 e. The van der Waals surface area contributed by atoms with Gasteiger partial charge in [-0.15, -0.1) is 0 Å². The Morgan fingerprint density at radius 2 is 1.34 bits per heavy atom. The molecular formula is C26H27F9O4S2. The molecule has 4 aliphatic rings. The molecule has 230 valence electrons. The van der Waals surface area contributed by atoms with E-state index in [4.69, 9.17) is 4.74 Å². The Balaban J connectivity index is 0.000000204. The molecule has 4 fully saturated rings. The minimum atomic E-state index is -7.43. The van der Waals surface area contributed by atoms with Gasteiger partial charge in [0.1, 0.15) is 23.4 Å². The van der Waals surface area contributed by atoms with Crippen molar-refractivity contribution < 1.29 is 57.2 Å². The van der Waals surface area contributed by atoms with Crippen LogP contribution in [0.5, 0.6) is 5.75 Å². The fourth-order valence-corrected chi connectivity index (χ4v) is 8.28. The van der Waals surface area contributed by atoms with Crippen molar-refractivity contribution in [1.82, 2.24) is 0 Å². The summed E-state index contributed by atoms with van der Waals surface area (Å²) in [6, 6.07) is 13.8. The van der Waals surface area contributed by atoms with E-state index in [1.807, 2.05) is 0 Å². The van der Waals surface area contributed by atoms with Crippen LogP contribution in [0.2, 0.25) is 0 Å². The van der Waals surface area contributed by atoms with Crippen molar-refractivity contribution in [2.45, 2.75) is 79.2 Å². The number of hydrogen-bond acceptors (Lipinski definition) is 4. The summed E-state index contributed by atoms with van der Waals surface area (Å²) in [5.74, 6) is -9.21. The lowest BCUT2D eigenvalue weighted by atomic mass is 9.69. The molecule has 0 spiro atoms. The second kappa shape index (κ2) is 11.3. The standard InChI is InChI=1S/C22H27OS.C4HF9O3S/c1-2-12-24(11-1)21-10-8-18-14-20(9-7-19(18)15-21)23-22-13-16-3-5-17(22)6-4-16;5-1(6,3(9,10)11)2(7,8)4(12,13)17(14,15)16/h7-10,14-17,22H,1-6,11-13H2;(H,14,15,16)/q+1;/p-1. The van der Waals surface area contributed by atoms with Crippen LogP contribution in [0.25, 0.3) is 10.8 Å². The van der Waals surface area contributed by atoms with Crippen LogP contribution in [0.1, 0.15) is 44.9 Å². The minimum Gasteiger partial charge on any atom is -0.743 e. The third-order valence-corrected chi connectivity index (χ3v) is 11.2. The van der Waals surface area contributed by atoms with E-state index < -0.39 is 33.4 Å². The molecule has 15 heteroatoms. The Labute approximate surface area is 233 Å². The molecule has 1 aliphatic heterocycles. The average Bonchev–Trinajstić information content (AvgIpc) is 3.43. The van der Waals surface area contributed by atoms with Crippen molar-refractivity contribution in [3.63, 3.8) is 0 Å². The molecule has 1 heterocycles. The number of fused-ring (bicyclic) bond motifs is 4. The van der Waals surface area contributed by atoms with Crippen molar-refractivity contribution in [3.05, 3.63) is 36.4 Å². The zero-order valence-electron chi connectivity index (χ0n) is 21.4. The minimum absolute atomic E-state index is 0.467. The van der Waals surface area contributed by atoms with Crippen LogP contribution in [0.3, 0.4) is 0 Å². The molecular weight excluding hydrogens is 611 g/mol. The molecule has 3 aliphatic carbocycles. The Morgan fingerprint density at radius 3 is 1.85 bits per heavy atom. The zero-order chi connectivity index (χ0) is 30.4. The quantitative estimate of drug-likeness (QED) is 0.187. The van der Waals surface area contributed by atoms with Crippen molar-refractivity contribution in [1.29, 1.82) is 0 Å². The molecule has 6 rings (SSSR count). The highest BCUT2D eigenvalue weighted by Gasteiger charge is 2.83. The van der Waals surface area contributed by atoms with Crippen LogP contribution in [0.4, 0.5) is 39.5 Å². The van der Waals surface area contributed by atoms with E-state index in [0.29, 0.717) is 17.0 Å². The maximum atomic E-state index is 12.2. The molecule has 0 N–H and O–H groups in total. The van der Waals surface area contributed by atoms with E-state index in [2.05, 4.69) is 36.4 Å². The van der Waals surface area contributed by atoms with Gasteiger partial charge in [0.25, 0.3) is 0 Å². The molecule has 3 saturated carbocycles.